The Hall–Kier alpha value is -3.80. The van der Waals surface area contributed by atoms with E-state index < -0.39 is 11.6 Å². The number of piperazine rings is 2. The molecule has 0 saturated carbocycles. The first-order chi connectivity index (χ1) is 21.6. The second kappa shape index (κ2) is 13.1. The lowest BCUT2D eigenvalue weighted by atomic mass is 9.93. The van der Waals surface area contributed by atoms with E-state index in [1.54, 1.807) is 30.7 Å². The van der Waals surface area contributed by atoms with Crippen LogP contribution in [0.5, 0.6) is 0 Å². The predicted molar refractivity (Wildman–Crippen MR) is 186 cm³/mol. The standard InChI is InChI=1S/C35H47N7O3S/c1-23-9-11-25(19-27(23)24-10-12-26(36-21-24)22-41-16-13-39(7)14-17-41)37-33(45)38-30-28(20-29(46-30)34(2,3)4)31(43)42-18-15-40(8)32(44)35(42,5)6/h9-12,19-21H,13-18,22H2,1-8H3,(H2,37,38,45). The summed E-state index contributed by atoms with van der Waals surface area (Å²) in [5.74, 6) is -0.379. The zero-order valence-corrected chi connectivity index (χ0v) is 29.2. The smallest absolute Gasteiger partial charge is 0.324 e. The van der Waals surface area contributed by atoms with Gasteiger partial charge in [-0.3, -0.25) is 24.8 Å². The van der Waals surface area contributed by atoms with E-state index in [9.17, 15) is 14.4 Å². The number of thiophene rings is 1. The predicted octanol–water partition coefficient (Wildman–Crippen LogP) is 5.50. The van der Waals surface area contributed by atoms with Crippen LogP contribution >= 0.6 is 11.3 Å². The number of nitrogens with one attached hydrogen (secondary N) is 2. The summed E-state index contributed by atoms with van der Waals surface area (Å²) in [4.78, 5) is 54.0. The molecule has 2 N–H and O–H groups in total. The van der Waals surface area contributed by atoms with Crippen LogP contribution in [0.15, 0.2) is 42.6 Å². The number of aromatic nitrogens is 1. The van der Waals surface area contributed by atoms with Crippen LogP contribution in [0, 0.1) is 6.92 Å². The summed E-state index contributed by atoms with van der Waals surface area (Å²) in [5.41, 5.74) is 3.88. The maximum atomic E-state index is 13.9. The molecule has 11 heteroatoms. The first kappa shape index (κ1) is 33.6. The van der Waals surface area contributed by atoms with Crippen molar-refractivity contribution in [3.63, 3.8) is 0 Å². The van der Waals surface area contributed by atoms with Gasteiger partial charge in [0.2, 0.25) is 5.91 Å². The van der Waals surface area contributed by atoms with Crippen molar-refractivity contribution in [2.75, 3.05) is 64.0 Å². The summed E-state index contributed by atoms with van der Waals surface area (Å²) in [6, 6.07) is 11.4. The number of carbonyl (C=O) groups excluding carboxylic acids is 3. The van der Waals surface area contributed by atoms with Crippen molar-refractivity contribution in [1.82, 2.24) is 24.6 Å². The lowest BCUT2D eigenvalue weighted by Crippen LogP contribution is -2.63. The number of carbonyl (C=O) groups is 3. The Morgan fingerprint density at radius 2 is 1.67 bits per heavy atom. The number of amides is 4. The first-order valence-electron chi connectivity index (χ1n) is 15.9. The Bertz CT molecular complexity index is 1600. The molecule has 4 heterocycles. The van der Waals surface area contributed by atoms with Gasteiger partial charge < -0.3 is 20.0 Å². The average Bonchev–Trinajstić information content (AvgIpc) is 3.43. The molecule has 4 amide bonds. The van der Waals surface area contributed by atoms with Crippen LogP contribution in [0.1, 0.15) is 61.1 Å². The van der Waals surface area contributed by atoms with Crippen LogP contribution in [0.3, 0.4) is 0 Å². The summed E-state index contributed by atoms with van der Waals surface area (Å²) < 4.78 is 0. The third kappa shape index (κ3) is 7.27. The van der Waals surface area contributed by atoms with E-state index >= 15 is 0 Å². The van der Waals surface area contributed by atoms with Crippen LogP contribution in [-0.2, 0) is 16.8 Å². The zero-order chi connectivity index (χ0) is 33.4. The maximum absolute atomic E-state index is 13.9. The molecule has 1 aromatic carbocycles. The number of urea groups is 1. The van der Waals surface area contributed by atoms with Crippen molar-refractivity contribution in [3.05, 3.63) is 64.3 Å². The van der Waals surface area contributed by atoms with Gasteiger partial charge in [0, 0.05) is 75.2 Å². The number of hydrogen-bond donors (Lipinski definition) is 2. The fourth-order valence-electron chi connectivity index (χ4n) is 5.92. The molecule has 2 aromatic heterocycles. The lowest BCUT2D eigenvalue weighted by molar-refractivity contribution is -0.144. The molecule has 5 rings (SSSR count). The molecule has 2 fully saturated rings. The number of likely N-dealkylation sites (N-methyl/N-ethyl adjacent to an activating group) is 2. The Balaban J connectivity index is 1.32. The molecule has 2 saturated heterocycles. The molecule has 0 atom stereocenters. The SMILES string of the molecule is Cc1ccc(NC(=O)Nc2sc(C(C)(C)C)cc2C(=O)N2CCN(C)C(=O)C2(C)C)cc1-c1ccc(CN2CCN(C)CC2)nc1. The van der Waals surface area contributed by atoms with E-state index in [4.69, 9.17) is 4.98 Å². The molecule has 3 aromatic rings. The number of nitrogens with zero attached hydrogens (tertiary/aromatic N) is 5. The second-order valence-corrected chi connectivity index (χ2v) is 15.1. The molecule has 0 bridgehead atoms. The summed E-state index contributed by atoms with van der Waals surface area (Å²) in [7, 11) is 3.91. The van der Waals surface area contributed by atoms with Crippen molar-refractivity contribution in [2.24, 2.45) is 0 Å². The highest BCUT2D eigenvalue weighted by atomic mass is 32.1. The van der Waals surface area contributed by atoms with Gasteiger partial charge in [-0.2, -0.15) is 0 Å². The Kier molecular flexibility index (Phi) is 9.58. The highest BCUT2D eigenvalue weighted by Crippen LogP contribution is 2.38. The molecule has 2 aliphatic rings. The van der Waals surface area contributed by atoms with E-state index in [1.165, 1.54) is 11.3 Å². The van der Waals surface area contributed by atoms with Gasteiger partial charge >= 0.3 is 6.03 Å². The van der Waals surface area contributed by atoms with Crippen molar-refractivity contribution < 1.29 is 14.4 Å². The number of pyridine rings is 1. The van der Waals surface area contributed by atoms with Crippen molar-refractivity contribution in [2.45, 2.75) is 59.0 Å². The zero-order valence-electron chi connectivity index (χ0n) is 28.4. The van der Waals surface area contributed by atoms with Gasteiger partial charge in [-0.1, -0.05) is 32.9 Å². The number of rotatable bonds is 6. The number of hydrogen-bond acceptors (Lipinski definition) is 7. The number of anilines is 2. The quantitative estimate of drug-likeness (QED) is 0.367. The third-order valence-electron chi connectivity index (χ3n) is 8.99. The third-order valence-corrected chi connectivity index (χ3v) is 10.5. The maximum Gasteiger partial charge on any atom is 0.324 e. The Morgan fingerprint density at radius 3 is 2.33 bits per heavy atom. The fourth-order valence-corrected chi connectivity index (χ4v) is 7.02. The van der Waals surface area contributed by atoms with Gasteiger partial charge in [0.25, 0.3) is 5.91 Å². The van der Waals surface area contributed by atoms with E-state index in [0.29, 0.717) is 29.3 Å². The number of aryl methyl sites for hydroxylation is 1. The molecule has 2 aliphatic heterocycles. The summed E-state index contributed by atoms with van der Waals surface area (Å²) in [6.45, 7) is 17.7. The normalized spacial score (nSPS) is 17.7. The molecular formula is C35H47N7O3S. The van der Waals surface area contributed by atoms with Crippen LogP contribution < -0.4 is 10.6 Å². The van der Waals surface area contributed by atoms with Gasteiger partial charge in [0.15, 0.2) is 0 Å². The molecule has 0 unspecified atom stereocenters. The highest BCUT2D eigenvalue weighted by molar-refractivity contribution is 7.16. The molecule has 246 valence electrons. The largest absolute Gasteiger partial charge is 0.342 e. The first-order valence-corrected chi connectivity index (χ1v) is 16.7. The van der Waals surface area contributed by atoms with Crippen LogP contribution in [-0.4, -0.2) is 101 Å². The van der Waals surface area contributed by atoms with Gasteiger partial charge in [0.1, 0.15) is 10.5 Å². The lowest BCUT2D eigenvalue weighted by Gasteiger charge is -2.44. The highest BCUT2D eigenvalue weighted by Gasteiger charge is 2.44. The van der Waals surface area contributed by atoms with E-state index in [1.807, 2.05) is 37.4 Å². The minimum atomic E-state index is -0.997. The van der Waals surface area contributed by atoms with Gasteiger partial charge in [-0.25, -0.2) is 4.79 Å². The Morgan fingerprint density at radius 1 is 0.957 bits per heavy atom. The molecular weight excluding hydrogens is 598 g/mol. The van der Waals surface area contributed by atoms with Crippen molar-refractivity contribution >= 4 is 39.9 Å². The van der Waals surface area contributed by atoms with E-state index in [-0.39, 0.29) is 17.2 Å². The molecule has 0 radical (unpaired) electrons. The molecule has 46 heavy (non-hydrogen) atoms. The van der Waals surface area contributed by atoms with E-state index in [2.05, 4.69) is 60.4 Å². The Labute approximate surface area is 276 Å². The van der Waals surface area contributed by atoms with E-state index in [0.717, 1.165) is 60.0 Å². The summed E-state index contributed by atoms with van der Waals surface area (Å²) in [5, 5.41) is 6.37. The van der Waals surface area contributed by atoms with Gasteiger partial charge in [-0.05, 0) is 68.6 Å². The van der Waals surface area contributed by atoms with Gasteiger partial charge in [-0.15, -0.1) is 11.3 Å². The van der Waals surface area contributed by atoms with Crippen LogP contribution in [0.2, 0.25) is 0 Å². The second-order valence-electron chi connectivity index (χ2n) is 14.1. The topological polar surface area (TPSA) is 101 Å². The number of benzene rings is 1. The molecule has 0 spiro atoms. The monoisotopic (exact) mass is 645 g/mol. The van der Waals surface area contributed by atoms with Crippen molar-refractivity contribution in [3.8, 4) is 11.1 Å². The molecule has 10 nitrogen and oxygen atoms in total. The van der Waals surface area contributed by atoms with Crippen LogP contribution in [0.25, 0.3) is 11.1 Å². The summed E-state index contributed by atoms with van der Waals surface area (Å²) in [6.07, 6.45) is 1.90. The van der Waals surface area contributed by atoms with Crippen molar-refractivity contribution in [1.29, 1.82) is 0 Å². The molecule has 0 aliphatic carbocycles. The van der Waals surface area contributed by atoms with Gasteiger partial charge in [0.05, 0.1) is 11.3 Å². The minimum absolute atomic E-state index is 0.110. The fraction of sp³-hybridized carbons (Fsp3) is 0.486. The minimum Gasteiger partial charge on any atom is -0.342 e. The van der Waals surface area contributed by atoms with Crippen LogP contribution in [0.4, 0.5) is 15.5 Å². The summed E-state index contributed by atoms with van der Waals surface area (Å²) >= 11 is 1.39. The average molecular weight is 646 g/mol.